The summed E-state index contributed by atoms with van der Waals surface area (Å²) in [6, 6.07) is 11.2. The molecule has 0 radical (unpaired) electrons. The molecule has 0 aliphatic carbocycles. The van der Waals surface area contributed by atoms with E-state index in [1.807, 2.05) is 0 Å². The predicted molar refractivity (Wildman–Crippen MR) is 132 cm³/mol. The van der Waals surface area contributed by atoms with Gasteiger partial charge in [-0.05, 0) is 74.8 Å². The number of aryl methyl sites for hydroxylation is 1. The number of carbonyl (C=O) groups is 1. The van der Waals surface area contributed by atoms with Crippen LogP contribution in [0.25, 0.3) is 0 Å². The number of anilines is 3. The summed E-state index contributed by atoms with van der Waals surface area (Å²) in [6.45, 7) is 5.37. The van der Waals surface area contributed by atoms with E-state index < -0.39 is 17.8 Å². The fourth-order valence-electron chi connectivity index (χ4n) is 3.87. The molecule has 8 nitrogen and oxygen atoms in total. The first-order chi connectivity index (χ1) is 17.3. The maximum absolute atomic E-state index is 13.1. The quantitative estimate of drug-likeness (QED) is 0.365. The van der Waals surface area contributed by atoms with Gasteiger partial charge in [0.25, 0.3) is 0 Å². The Morgan fingerprint density at radius 3 is 2.42 bits per heavy atom. The summed E-state index contributed by atoms with van der Waals surface area (Å²) < 4.78 is 45.0. The number of likely N-dealkylation sites (tertiary alicyclic amines) is 1. The number of rotatable bonds is 8. The SMILES string of the molecule is Cc1ccc(NC(=O)Nc2ccc(Oc3cc(NCCN4CCCC4)ncn3)cc2)cc1C(F)(F)F. The Morgan fingerprint density at radius 1 is 1.00 bits per heavy atom. The number of hydrogen-bond acceptors (Lipinski definition) is 6. The van der Waals surface area contributed by atoms with Crippen LogP contribution in [-0.2, 0) is 6.18 Å². The van der Waals surface area contributed by atoms with Gasteiger partial charge in [0.2, 0.25) is 5.88 Å². The minimum atomic E-state index is -4.50. The van der Waals surface area contributed by atoms with E-state index in [2.05, 4.69) is 30.8 Å². The van der Waals surface area contributed by atoms with Gasteiger partial charge in [-0.15, -0.1) is 0 Å². The number of hydrogen-bond donors (Lipinski definition) is 3. The number of halogens is 3. The number of ether oxygens (including phenoxy) is 1. The first-order valence-electron chi connectivity index (χ1n) is 11.6. The van der Waals surface area contributed by atoms with Crippen molar-refractivity contribution < 1.29 is 22.7 Å². The molecular weight excluding hydrogens is 473 g/mol. The molecule has 11 heteroatoms. The van der Waals surface area contributed by atoms with Crippen molar-refractivity contribution in [3.8, 4) is 11.6 Å². The topological polar surface area (TPSA) is 91.4 Å². The summed E-state index contributed by atoms with van der Waals surface area (Å²) in [5.74, 6) is 1.53. The lowest BCUT2D eigenvalue weighted by Gasteiger charge is -2.15. The van der Waals surface area contributed by atoms with Gasteiger partial charge in [0.05, 0.1) is 5.56 Å². The minimum Gasteiger partial charge on any atom is -0.439 e. The van der Waals surface area contributed by atoms with Crippen LogP contribution in [0, 0.1) is 6.92 Å². The third-order valence-corrected chi connectivity index (χ3v) is 5.71. The van der Waals surface area contributed by atoms with Gasteiger partial charge in [0.15, 0.2) is 0 Å². The van der Waals surface area contributed by atoms with Gasteiger partial charge in [-0.3, -0.25) is 0 Å². The Morgan fingerprint density at radius 2 is 1.69 bits per heavy atom. The van der Waals surface area contributed by atoms with E-state index in [0.29, 0.717) is 23.1 Å². The van der Waals surface area contributed by atoms with Crippen molar-refractivity contribution >= 4 is 23.2 Å². The highest BCUT2D eigenvalue weighted by atomic mass is 19.4. The van der Waals surface area contributed by atoms with Crippen molar-refractivity contribution in [1.82, 2.24) is 14.9 Å². The van der Waals surface area contributed by atoms with Crippen LogP contribution in [0.1, 0.15) is 24.0 Å². The van der Waals surface area contributed by atoms with E-state index >= 15 is 0 Å². The molecule has 1 fully saturated rings. The molecule has 2 amide bonds. The molecule has 0 atom stereocenters. The van der Waals surface area contributed by atoms with Crippen LogP contribution in [-0.4, -0.2) is 47.1 Å². The zero-order chi connectivity index (χ0) is 25.5. The molecule has 1 aliphatic heterocycles. The molecule has 0 unspecified atom stereocenters. The Kier molecular flexibility index (Phi) is 7.89. The second-order valence-corrected chi connectivity index (χ2v) is 8.45. The fourth-order valence-corrected chi connectivity index (χ4v) is 3.87. The van der Waals surface area contributed by atoms with Crippen LogP contribution < -0.4 is 20.7 Å². The highest BCUT2D eigenvalue weighted by Crippen LogP contribution is 2.33. The molecule has 0 saturated carbocycles. The Bertz CT molecular complexity index is 1180. The smallest absolute Gasteiger partial charge is 0.416 e. The molecule has 0 spiro atoms. The van der Waals surface area contributed by atoms with Crippen LogP contribution in [0.4, 0.5) is 35.2 Å². The summed E-state index contributed by atoms with van der Waals surface area (Å²) in [7, 11) is 0. The van der Waals surface area contributed by atoms with E-state index in [9.17, 15) is 18.0 Å². The monoisotopic (exact) mass is 500 g/mol. The van der Waals surface area contributed by atoms with Gasteiger partial charge in [0.1, 0.15) is 17.9 Å². The molecule has 3 N–H and O–H groups in total. The molecule has 0 bridgehead atoms. The van der Waals surface area contributed by atoms with Crippen LogP contribution >= 0.6 is 0 Å². The molecule has 1 aromatic heterocycles. The molecule has 36 heavy (non-hydrogen) atoms. The maximum Gasteiger partial charge on any atom is 0.416 e. The number of urea groups is 1. The van der Waals surface area contributed by atoms with Crippen molar-refractivity contribution in [3.05, 3.63) is 66.0 Å². The number of amides is 2. The molecule has 3 aromatic rings. The maximum atomic E-state index is 13.1. The van der Waals surface area contributed by atoms with Crippen molar-refractivity contribution in [3.63, 3.8) is 0 Å². The second kappa shape index (κ2) is 11.3. The van der Waals surface area contributed by atoms with Gasteiger partial charge in [0, 0.05) is 30.5 Å². The largest absolute Gasteiger partial charge is 0.439 e. The lowest BCUT2D eigenvalue weighted by Crippen LogP contribution is -2.26. The lowest BCUT2D eigenvalue weighted by molar-refractivity contribution is -0.138. The van der Waals surface area contributed by atoms with Gasteiger partial charge in [-0.1, -0.05) is 6.07 Å². The molecular formula is C25H27F3N6O2. The van der Waals surface area contributed by atoms with Gasteiger partial charge in [-0.25, -0.2) is 14.8 Å². The van der Waals surface area contributed by atoms with Crippen LogP contribution in [0.2, 0.25) is 0 Å². The molecule has 4 rings (SSSR count). The number of nitrogens with zero attached hydrogens (tertiary/aromatic N) is 3. The first-order valence-corrected chi connectivity index (χ1v) is 11.6. The average molecular weight is 501 g/mol. The zero-order valence-corrected chi connectivity index (χ0v) is 19.7. The normalized spacial score (nSPS) is 13.9. The standard InChI is InChI=1S/C25H27F3N6O2/c1-17-4-5-19(14-21(17)25(26,27)28)33-24(35)32-18-6-8-20(9-7-18)36-23-15-22(30-16-31-23)29-10-13-34-11-2-3-12-34/h4-9,14-16H,2-3,10-13H2,1H3,(H,29,30,31)(H2,32,33,35). The summed E-state index contributed by atoms with van der Waals surface area (Å²) in [5, 5.41) is 8.27. The van der Waals surface area contributed by atoms with Crippen LogP contribution in [0.5, 0.6) is 11.6 Å². The number of aromatic nitrogens is 2. The van der Waals surface area contributed by atoms with Crippen molar-refractivity contribution in [2.24, 2.45) is 0 Å². The van der Waals surface area contributed by atoms with Crippen molar-refractivity contribution in [1.29, 1.82) is 0 Å². The summed E-state index contributed by atoms with van der Waals surface area (Å²) in [5.41, 5.74) is -0.233. The van der Waals surface area contributed by atoms with E-state index in [0.717, 1.165) is 32.2 Å². The zero-order valence-electron chi connectivity index (χ0n) is 19.7. The Hall–Kier alpha value is -3.86. The average Bonchev–Trinajstić information content (AvgIpc) is 3.35. The molecule has 1 aliphatic rings. The third kappa shape index (κ3) is 7.08. The van der Waals surface area contributed by atoms with Gasteiger partial charge < -0.3 is 25.6 Å². The molecule has 2 aromatic carbocycles. The number of carbonyl (C=O) groups excluding carboxylic acids is 1. The van der Waals surface area contributed by atoms with Crippen LogP contribution in [0.15, 0.2) is 54.9 Å². The molecule has 2 heterocycles. The number of benzene rings is 2. The number of alkyl halides is 3. The number of nitrogens with one attached hydrogen (secondary N) is 3. The Balaban J connectivity index is 1.29. The van der Waals surface area contributed by atoms with Crippen LogP contribution in [0.3, 0.4) is 0 Å². The van der Waals surface area contributed by atoms with Gasteiger partial charge >= 0.3 is 12.2 Å². The van der Waals surface area contributed by atoms with E-state index in [1.165, 1.54) is 38.2 Å². The Labute approximate surface area is 206 Å². The lowest BCUT2D eigenvalue weighted by atomic mass is 10.1. The highest BCUT2D eigenvalue weighted by molar-refractivity contribution is 5.99. The van der Waals surface area contributed by atoms with E-state index in [4.69, 9.17) is 4.74 Å². The summed E-state index contributed by atoms with van der Waals surface area (Å²) in [6.07, 6.45) is -0.578. The minimum absolute atomic E-state index is 0.0407. The third-order valence-electron chi connectivity index (χ3n) is 5.71. The predicted octanol–water partition coefficient (Wildman–Crippen LogP) is 5.75. The highest BCUT2D eigenvalue weighted by Gasteiger charge is 2.32. The molecule has 190 valence electrons. The fraction of sp³-hybridized carbons (Fsp3) is 0.320. The summed E-state index contributed by atoms with van der Waals surface area (Å²) in [4.78, 5) is 23.0. The summed E-state index contributed by atoms with van der Waals surface area (Å²) >= 11 is 0. The molecule has 1 saturated heterocycles. The van der Waals surface area contributed by atoms with E-state index in [1.54, 1.807) is 30.3 Å². The second-order valence-electron chi connectivity index (χ2n) is 8.45. The van der Waals surface area contributed by atoms with Crippen molar-refractivity contribution in [2.75, 3.05) is 42.1 Å². The van der Waals surface area contributed by atoms with E-state index in [-0.39, 0.29) is 11.3 Å². The van der Waals surface area contributed by atoms with Crippen molar-refractivity contribution in [2.45, 2.75) is 25.9 Å². The van der Waals surface area contributed by atoms with Gasteiger partial charge in [-0.2, -0.15) is 13.2 Å². The first kappa shape index (κ1) is 25.2.